The second kappa shape index (κ2) is 6.78. The molecule has 0 saturated heterocycles. The number of halogens is 5. The van der Waals surface area contributed by atoms with Gasteiger partial charge in [0.05, 0.1) is 12.6 Å². The molecule has 0 aliphatic rings. The zero-order chi connectivity index (χ0) is 19.8. The van der Waals surface area contributed by atoms with E-state index in [0.717, 1.165) is 31.4 Å². The summed E-state index contributed by atoms with van der Waals surface area (Å²) >= 11 is 0. The number of hydrogen-bond acceptors (Lipinski definition) is 5. The van der Waals surface area contributed by atoms with Gasteiger partial charge in [-0.3, -0.25) is 4.98 Å². The average molecular weight is 386 g/mol. The summed E-state index contributed by atoms with van der Waals surface area (Å²) in [6, 6.07) is 5.17. The van der Waals surface area contributed by atoms with E-state index in [-0.39, 0.29) is 28.1 Å². The van der Waals surface area contributed by atoms with Crippen molar-refractivity contribution in [2.24, 2.45) is 0 Å². The lowest BCUT2D eigenvalue weighted by molar-refractivity contribution is -0.275. The maximum atomic E-state index is 14.0. The van der Waals surface area contributed by atoms with Gasteiger partial charge in [0, 0.05) is 35.5 Å². The summed E-state index contributed by atoms with van der Waals surface area (Å²) in [5.41, 5.74) is 5.25. The highest BCUT2D eigenvalue weighted by Gasteiger charge is 2.33. The first-order chi connectivity index (χ1) is 12.7. The minimum Gasteiger partial charge on any atom is -0.493 e. The lowest BCUT2D eigenvalue weighted by atomic mass is 10.1. The van der Waals surface area contributed by atoms with Gasteiger partial charge in [0.2, 0.25) is 0 Å². The Morgan fingerprint density at radius 1 is 0.963 bits per heavy atom. The molecule has 3 aromatic rings. The predicted octanol–water partition coefficient (Wildman–Crippen LogP) is 4.79. The summed E-state index contributed by atoms with van der Waals surface area (Å²) in [5, 5.41) is 0.152. The van der Waals surface area contributed by atoms with Gasteiger partial charge >= 0.3 is 6.36 Å². The van der Waals surface area contributed by atoms with E-state index >= 15 is 0 Å². The van der Waals surface area contributed by atoms with Crippen LogP contribution in [-0.2, 0) is 0 Å². The SMILES string of the molecule is COc1cc2c(Oc3c(F)cc(N)cc3F)ccnc2cc1OC(F)(F)F. The maximum absolute atomic E-state index is 14.0. The normalized spacial score (nSPS) is 11.5. The molecule has 1 aromatic heterocycles. The van der Waals surface area contributed by atoms with Gasteiger partial charge in [-0.05, 0) is 12.1 Å². The van der Waals surface area contributed by atoms with E-state index in [9.17, 15) is 22.0 Å². The van der Waals surface area contributed by atoms with E-state index in [0.29, 0.717) is 0 Å². The van der Waals surface area contributed by atoms with Crippen LogP contribution in [-0.4, -0.2) is 18.5 Å². The number of anilines is 1. The Morgan fingerprint density at radius 2 is 1.63 bits per heavy atom. The van der Waals surface area contributed by atoms with Crippen LogP contribution >= 0.6 is 0 Å². The Kier molecular flexibility index (Phi) is 4.64. The second-order valence-corrected chi connectivity index (χ2v) is 5.29. The van der Waals surface area contributed by atoms with E-state index in [2.05, 4.69) is 9.72 Å². The van der Waals surface area contributed by atoms with Gasteiger partial charge in [0.1, 0.15) is 5.75 Å². The molecule has 0 aliphatic carbocycles. The van der Waals surface area contributed by atoms with Crippen LogP contribution in [0.25, 0.3) is 10.9 Å². The zero-order valence-corrected chi connectivity index (χ0v) is 13.6. The summed E-state index contributed by atoms with van der Waals surface area (Å²) < 4.78 is 79.6. The highest BCUT2D eigenvalue weighted by Crippen LogP contribution is 2.40. The van der Waals surface area contributed by atoms with Crippen LogP contribution in [0.4, 0.5) is 27.6 Å². The van der Waals surface area contributed by atoms with Crippen molar-refractivity contribution in [3.63, 3.8) is 0 Å². The number of pyridine rings is 1. The van der Waals surface area contributed by atoms with Crippen LogP contribution in [0.2, 0.25) is 0 Å². The summed E-state index contributed by atoms with van der Waals surface area (Å²) in [6.07, 6.45) is -3.74. The molecule has 1 heterocycles. The van der Waals surface area contributed by atoms with E-state index in [1.807, 2.05) is 0 Å². The average Bonchev–Trinajstić information content (AvgIpc) is 2.56. The number of hydrogen-bond donors (Lipinski definition) is 1. The molecule has 0 spiro atoms. The molecule has 0 unspecified atom stereocenters. The smallest absolute Gasteiger partial charge is 0.493 e. The molecular weight excluding hydrogens is 375 g/mol. The van der Waals surface area contributed by atoms with E-state index in [1.165, 1.54) is 12.3 Å². The van der Waals surface area contributed by atoms with Gasteiger partial charge in [-0.2, -0.15) is 0 Å². The molecule has 10 heteroatoms. The molecule has 0 fully saturated rings. The van der Waals surface area contributed by atoms with Crippen molar-refractivity contribution in [3.8, 4) is 23.0 Å². The number of ether oxygens (including phenoxy) is 3. The van der Waals surface area contributed by atoms with Crippen molar-refractivity contribution in [1.82, 2.24) is 4.98 Å². The molecule has 0 bridgehead atoms. The second-order valence-electron chi connectivity index (χ2n) is 5.29. The minimum absolute atomic E-state index is 0.0313. The van der Waals surface area contributed by atoms with Crippen LogP contribution in [0, 0.1) is 11.6 Å². The van der Waals surface area contributed by atoms with Gasteiger partial charge < -0.3 is 19.9 Å². The predicted molar refractivity (Wildman–Crippen MR) is 85.8 cm³/mol. The molecule has 27 heavy (non-hydrogen) atoms. The first kappa shape index (κ1) is 18.5. The largest absolute Gasteiger partial charge is 0.573 e. The topological polar surface area (TPSA) is 66.6 Å². The first-order valence-electron chi connectivity index (χ1n) is 7.33. The molecule has 0 radical (unpaired) electrons. The molecule has 3 rings (SSSR count). The van der Waals surface area contributed by atoms with Crippen LogP contribution in [0.1, 0.15) is 0 Å². The standard InChI is InChI=1S/C17H11F5N2O3/c1-25-14-6-9-12(7-15(14)27-17(20,21)22)24-3-2-13(9)26-16-10(18)4-8(23)5-11(16)19/h2-7H,23H2,1H3. The molecule has 0 aliphatic heterocycles. The van der Waals surface area contributed by atoms with Gasteiger partial charge in [-0.1, -0.05) is 0 Å². The van der Waals surface area contributed by atoms with Gasteiger partial charge in [0.25, 0.3) is 0 Å². The Labute approximate surface area is 149 Å². The van der Waals surface area contributed by atoms with Crippen molar-refractivity contribution in [3.05, 3.63) is 48.2 Å². The Bertz CT molecular complexity index is 985. The van der Waals surface area contributed by atoms with Crippen molar-refractivity contribution in [1.29, 1.82) is 0 Å². The minimum atomic E-state index is -4.94. The molecule has 0 amide bonds. The Balaban J connectivity index is 2.10. The van der Waals surface area contributed by atoms with Gasteiger partial charge in [-0.25, -0.2) is 8.78 Å². The van der Waals surface area contributed by atoms with E-state index in [1.54, 1.807) is 0 Å². The fraction of sp³-hybridized carbons (Fsp3) is 0.118. The number of nitrogen functional groups attached to an aromatic ring is 1. The molecule has 0 atom stereocenters. The lowest BCUT2D eigenvalue weighted by Crippen LogP contribution is -2.17. The van der Waals surface area contributed by atoms with Crippen molar-refractivity contribution in [2.75, 3.05) is 12.8 Å². The fourth-order valence-corrected chi connectivity index (χ4v) is 2.37. The quantitative estimate of drug-likeness (QED) is 0.516. The van der Waals surface area contributed by atoms with E-state index in [4.69, 9.17) is 15.2 Å². The van der Waals surface area contributed by atoms with Gasteiger partial charge in [0.15, 0.2) is 28.9 Å². The summed E-state index contributed by atoms with van der Waals surface area (Å²) in [7, 11) is 1.14. The zero-order valence-electron chi connectivity index (χ0n) is 13.6. The number of alkyl halides is 3. The van der Waals surface area contributed by atoms with Crippen LogP contribution in [0.3, 0.4) is 0 Å². The van der Waals surface area contributed by atoms with Crippen LogP contribution in [0.5, 0.6) is 23.0 Å². The molecule has 142 valence electrons. The highest BCUT2D eigenvalue weighted by atomic mass is 19.4. The summed E-state index contributed by atoms with van der Waals surface area (Å²) in [4.78, 5) is 3.92. The third-order valence-corrected chi connectivity index (χ3v) is 3.45. The Hall–Kier alpha value is -3.30. The number of nitrogens with zero attached hydrogens (tertiary/aromatic N) is 1. The molecule has 2 N–H and O–H groups in total. The summed E-state index contributed by atoms with van der Waals surface area (Å²) in [5.74, 6) is -3.74. The number of benzene rings is 2. The van der Waals surface area contributed by atoms with Gasteiger partial charge in [-0.15, -0.1) is 13.2 Å². The molecule has 0 saturated carbocycles. The fourth-order valence-electron chi connectivity index (χ4n) is 2.37. The number of rotatable bonds is 4. The summed E-state index contributed by atoms with van der Waals surface area (Å²) in [6.45, 7) is 0. The van der Waals surface area contributed by atoms with Crippen molar-refractivity contribution >= 4 is 16.6 Å². The monoisotopic (exact) mass is 386 g/mol. The number of methoxy groups -OCH3 is 1. The molecule has 2 aromatic carbocycles. The van der Waals surface area contributed by atoms with E-state index < -0.39 is 29.5 Å². The maximum Gasteiger partial charge on any atom is 0.573 e. The van der Waals surface area contributed by atoms with Crippen molar-refractivity contribution in [2.45, 2.75) is 6.36 Å². The Morgan fingerprint density at radius 3 is 2.22 bits per heavy atom. The lowest BCUT2D eigenvalue weighted by Gasteiger charge is -2.15. The first-order valence-corrected chi connectivity index (χ1v) is 7.33. The molecular formula is C17H11F5N2O3. The van der Waals surface area contributed by atoms with Crippen LogP contribution in [0.15, 0.2) is 36.5 Å². The third kappa shape index (κ3) is 3.94. The third-order valence-electron chi connectivity index (χ3n) is 3.45. The number of aromatic nitrogens is 1. The molecule has 5 nitrogen and oxygen atoms in total. The highest BCUT2D eigenvalue weighted by molar-refractivity contribution is 5.88. The van der Waals surface area contributed by atoms with Crippen LogP contribution < -0.4 is 19.9 Å². The number of fused-ring (bicyclic) bond motifs is 1. The number of nitrogens with two attached hydrogens (primary N) is 1. The van der Waals surface area contributed by atoms with Crippen molar-refractivity contribution < 1.29 is 36.2 Å².